The standard InChI is InChI=1S/C13H16ClNO3/c14-10-6-12-13(18-8-17-12)7-11(10)15-9-2-1-4-16-5-3-9/h6-7,9,15H,1-5,8H2. The zero-order valence-electron chi connectivity index (χ0n) is 10.1. The fourth-order valence-corrected chi connectivity index (χ4v) is 2.50. The van der Waals surface area contributed by atoms with Crippen molar-refractivity contribution in [2.75, 3.05) is 25.3 Å². The first-order chi connectivity index (χ1) is 8.83. The number of nitrogens with one attached hydrogen (secondary N) is 1. The van der Waals surface area contributed by atoms with E-state index in [4.69, 9.17) is 25.8 Å². The largest absolute Gasteiger partial charge is 0.454 e. The molecule has 2 aliphatic heterocycles. The van der Waals surface area contributed by atoms with Crippen LogP contribution in [0.15, 0.2) is 12.1 Å². The molecule has 1 aromatic rings. The molecule has 0 saturated carbocycles. The third kappa shape index (κ3) is 2.49. The van der Waals surface area contributed by atoms with Crippen molar-refractivity contribution in [2.24, 2.45) is 0 Å². The van der Waals surface area contributed by atoms with E-state index in [1.807, 2.05) is 6.07 Å². The van der Waals surface area contributed by atoms with Gasteiger partial charge in [0.05, 0.1) is 10.7 Å². The summed E-state index contributed by atoms with van der Waals surface area (Å²) in [7, 11) is 0. The minimum Gasteiger partial charge on any atom is -0.454 e. The number of benzene rings is 1. The minimum absolute atomic E-state index is 0.270. The van der Waals surface area contributed by atoms with Gasteiger partial charge in [-0.3, -0.25) is 0 Å². The van der Waals surface area contributed by atoms with Crippen LogP contribution in [-0.2, 0) is 4.74 Å². The molecule has 1 N–H and O–H groups in total. The van der Waals surface area contributed by atoms with Crippen molar-refractivity contribution in [3.63, 3.8) is 0 Å². The molecule has 1 aromatic carbocycles. The lowest BCUT2D eigenvalue weighted by Crippen LogP contribution is -2.19. The minimum atomic E-state index is 0.270. The Bertz CT molecular complexity index is 430. The predicted molar refractivity (Wildman–Crippen MR) is 69.7 cm³/mol. The molecule has 5 heteroatoms. The molecule has 0 amide bonds. The van der Waals surface area contributed by atoms with Crippen molar-refractivity contribution in [2.45, 2.75) is 25.3 Å². The van der Waals surface area contributed by atoms with Crippen molar-refractivity contribution in [1.29, 1.82) is 0 Å². The second-order valence-corrected chi connectivity index (χ2v) is 4.98. The summed E-state index contributed by atoms with van der Waals surface area (Å²) in [5.41, 5.74) is 0.910. The summed E-state index contributed by atoms with van der Waals surface area (Å²) in [4.78, 5) is 0. The summed E-state index contributed by atoms with van der Waals surface area (Å²) in [6.45, 7) is 1.93. The molecule has 2 heterocycles. The number of halogens is 1. The average Bonchev–Trinajstić information content (AvgIpc) is 2.65. The number of anilines is 1. The van der Waals surface area contributed by atoms with Crippen molar-refractivity contribution in [1.82, 2.24) is 0 Å². The summed E-state index contributed by atoms with van der Waals surface area (Å²) in [6.07, 6.45) is 3.19. The Morgan fingerprint density at radius 1 is 1.11 bits per heavy atom. The smallest absolute Gasteiger partial charge is 0.231 e. The van der Waals surface area contributed by atoms with Gasteiger partial charge in [0.2, 0.25) is 6.79 Å². The van der Waals surface area contributed by atoms with Crippen molar-refractivity contribution < 1.29 is 14.2 Å². The van der Waals surface area contributed by atoms with E-state index >= 15 is 0 Å². The van der Waals surface area contributed by atoms with E-state index in [0.717, 1.165) is 49.7 Å². The quantitative estimate of drug-likeness (QED) is 0.896. The van der Waals surface area contributed by atoms with Gasteiger partial charge in [0, 0.05) is 31.4 Å². The van der Waals surface area contributed by atoms with Crippen LogP contribution in [0.5, 0.6) is 11.5 Å². The molecular weight excluding hydrogens is 254 g/mol. The van der Waals surface area contributed by atoms with E-state index < -0.39 is 0 Å². The van der Waals surface area contributed by atoms with Crippen LogP contribution in [0.1, 0.15) is 19.3 Å². The third-order valence-corrected chi connectivity index (χ3v) is 3.59. The highest BCUT2D eigenvalue weighted by Gasteiger charge is 2.19. The number of hydrogen-bond donors (Lipinski definition) is 1. The molecule has 0 radical (unpaired) electrons. The SMILES string of the molecule is Clc1cc2c(cc1NC1CCCOCC1)OCO2. The fraction of sp³-hybridized carbons (Fsp3) is 0.538. The Morgan fingerprint density at radius 3 is 2.83 bits per heavy atom. The van der Waals surface area contributed by atoms with Crippen LogP contribution < -0.4 is 14.8 Å². The van der Waals surface area contributed by atoms with E-state index in [9.17, 15) is 0 Å². The molecule has 18 heavy (non-hydrogen) atoms. The summed E-state index contributed by atoms with van der Waals surface area (Å²) in [5.74, 6) is 1.47. The number of fused-ring (bicyclic) bond motifs is 1. The Kier molecular flexibility index (Phi) is 3.48. The first-order valence-electron chi connectivity index (χ1n) is 6.26. The zero-order chi connectivity index (χ0) is 12.4. The second-order valence-electron chi connectivity index (χ2n) is 4.57. The van der Waals surface area contributed by atoms with Crippen LogP contribution >= 0.6 is 11.6 Å². The maximum absolute atomic E-state index is 6.24. The van der Waals surface area contributed by atoms with Gasteiger partial charge in [0.15, 0.2) is 11.5 Å². The zero-order valence-corrected chi connectivity index (χ0v) is 10.8. The van der Waals surface area contributed by atoms with Crippen LogP contribution in [0.4, 0.5) is 5.69 Å². The van der Waals surface area contributed by atoms with Crippen LogP contribution in [0.25, 0.3) is 0 Å². The maximum atomic E-state index is 6.24. The first kappa shape index (κ1) is 11.9. The van der Waals surface area contributed by atoms with Gasteiger partial charge in [-0.1, -0.05) is 11.6 Å². The molecular formula is C13H16ClNO3. The average molecular weight is 270 g/mol. The lowest BCUT2D eigenvalue weighted by molar-refractivity contribution is 0.144. The molecule has 1 atom stereocenters. The summed E-state index contributed by atoms with van der Waals surface area (Å²) in [6, 6.07) is 4.13. The number of hydrogen-bond acceptors (Lipinski definition) is 4. The fourth-order valence-electron chi connectivity index (χ4n) is 2.30. The molecule has 98 valence electrons. The van der Waals surface area contributed by atoms with Crippen molar-refractivity contribution >= 4 is 17.3 Å². The molecule has 0 aromatic heterocycles. The van der Waals surface area contributed by atoms with E-state index in [2.05, 4.69) is 5.32 Å². The molecule has 2 aliphatic rings. The van der Waals surface area contributed by atoms with E-state index in [0.29, 0.717) is 11.1 Å². The normalized spacial score (nSPS) is 22.6. The molecule has 0 spiro atoms. The Balaban J connectivity index is 1.75. The van der Waals surface area contributed by atoms with Crippen LogP contribution in [0, 0.1) is 0 Å². The van der Waals surface area contributed by atoms with Gasteiger partial charge in [-0.25, -0.2) is 0 Å². The monoisotopic (exact) mass is 269 g/mol. The Labute approximate surface area is 111 Å². The van der Waals surface area contributed by atoms with E-state index in [1.165, 1.54) is 0 Å². The first-order valence-corrected chi connectivity index (χ1v) is 6.64. The van der Waals surface area contributed by atoms with Crippen LogP contribution in [-0.4, -0.2) is 26.0 Å². The summed E-state index contributed by atoms with van der Waals surface area (Å²) < 4.78 is 16.1. The van der Waals surface area contributed by atoms with Crippen LogP contribution in [0.3, 0.4) is 0 Å². The van der Waals surface area contributed by atoms with Crippen molar-refractivity contribution in [3.05, 3.63) is 17.2 Å². The second kappa shape index (κ2) is 5.24. The molecule has 1 saturated heterocycles. The lowest BCUT2D eigenvalue weighted by Gasteiger charge is -2.18. The summed E-state index contributed by atoms with van der Waals surface area (Å²) >= 11 is 6.24. The molecule has 0 bridgehead atoms. The van der Waals surface area contributed by atoms with Gasteiger partial charge < -0.3 is 19.5 Å². The van der Waals surface area contributed by atoms with Gasteiger partial charge in [-0.2, -0.15) is 0 Å². The highest BCUT2D eigenvalue weighted by Crippen LogP contribution is 2.39. The molecule has 4 nitrogen and oxygen atoms in total. The highest BCUT2D eigenvalue weighted by molar-refractivity contribution is 6.33. The molecule has 1 fully saturated rings. The predicted octanol–water partition coefficient (Wildman–Crippen LogP) is 3.05. The third-order valence-electron chi connectivity index (χ3n) is 3.27. The van der Waals surface area contributed by atoms with E-state index in [1.54, 1.807) is 6.07 Å². The van der Waals surface area contributed by atoms with Gasteiger partial charge >= 0.3 is 0 Å². The number of ether oxygens (including phenoxy) is 3. The molecule has 1 unspecified atom stereocenters. The number of rotatable bonds is 2. The highest BCUT2D eigenvalue weighted by atomic mass is 35.5. The maximum Gasteiger partial charge on any atom is 0.231 e. The van der Waals surface area contributed by atoms with Gasteiger partial charge in [-0.15, -0.1) is 0 Å². The van der Waals surface area contributed by atoms with Gasteiger partial charge in [0.25, 0.3) is 0 Å². The summed E-state index contributed by atoms with van der Waals surface area (Å²) in [5, 5.41) is 4.14. The topological polar surface area (TPSA) is 39.7 Å². The van der Waals surface area contributed by atoms with Crippen molar-refractivity contribution in [3.8, 4) is 11.5 Å². The Morgan fingerprint density at radius 2 is 1.94 bits per heavy atom. The lowest BCUT2D eigenvalue weighted by atomic mass is 10.1. The van der Waals surface area contributed by atoms with E-state index in [-0.39, 0.29) is 6.79 Å². The molecule has 3 rings (SSSR count). The van der Waals surface area contributed by atoms with Gasteiger partial charge in [0.1, 0.15) is 0 Å². The van der Waals surface area contributed by atoms with Crippen LogP contribution in [0.2, 0.25) is 5.02 Å². The Hall–Kier alpha value is -1.13. The molecule has 0 aliphatic carbocycles. The van der Waals surface area contributed by atoms with Gasteiger partial charge in [-0.05, 0) is 19.3 Å².